The predicted octanol–water partition coefficient (Wildman–Crippen LogP) is -0.762. The molecule has 4 atom stereocenters. The van der Waals surface area contributed by atoms with Gasteiger partial charge in [-0.05, 0) is 0 Å². The van der Waals surface area contributed by atoms with Crippen LogP contribution < -0.4 is 0 Å². The quantitative estimate of drug-likeness (QED) is 0.530. The fourth-order valence-corrected chi connectivity index (χ4v) is 1.53. The molecule has 0 fully saturated rings. The van der Waals surface area contributed by atoms with Crippen LogP contribution in [0.1, 0.15) is 0 Å². The van der Waals surface area contributed by atoms with Gasteiger partial charge in [0.25, 0.3) is 0 Å². The van der Waals surface area contributed by atoms with E-state index in [0.717, 1.165) is 0 Å². The molecule has 96 valence electrons. The van der Waals surface area contributed by atoms with Crippen LogP contribution in [0, 0.1) is 0 Å². The maximum atomic E-state index is 10.8. The first-order chi connectivity index (χ1) is 7.69. The fraction of sp³-hybridized carbons (Fsp3) is 0.900. The Kier molecular flexibility index (Phi) is 8.32. The molecule has 0 bridgehead atoms. The minimum atomic E-state index is -0.765. The molecule has 0 amide bonds. The zero-order valence-electron chi connectivity index (χ0n) is 10.1. The first-order valence-corrected chi connectivity index (χ1v) is 4.87. The summed E-state index contributed by atoms with van der Waals surface area (Å²) in [6.45, 7) is -0.232. The van der Waals surface area contributed by atoms with Crippen LogP contribution >= 0.6 is 0 Å². The van der Waals surface area contributed by atoms with Crippen molar-refractivity contribution in [2.24, 2.45) is 0 Å². The molecule has 0 aliphatic rings. The monoisotopic (exact) mass is 236 g/mol. The van der Waals surface area contributed by atoms with Crippen LogP contribution in [0.4, 0.5) is 0 Å². The van der Waals surface area contributed by atoms with Crippen molar-refractivity contribution in [1.82, 2.24) is 0 Å². The lowest BCUT2D eigenvalue weighted by Gasteiger charge is -2.32. The molecule has 0 aliphatic carbocycles. The summed E-state index contributed by atoms with van der Waals surface area (Å²) in [6, 6.07) is 0. The zero-order chi connectivity index (χ0) is 12.6. The highest BCUT2D eigenvalue weighted by molar-refractivity contribution is 5.57. The van der Waals surface area contributed by atoms with Gasteiger partial charge < -0.3 is 28.8 Å². The van der Waals surface area contributed by atoms with Gasteiger partial charge in [0, 0.05) is 28.4 Å². The van der Waals surface area contributed by atoms with Crippen LogP contribution in [0.2, 0.25) is 0 Å². The van der Waals surface area contributed by atoms with Crippen LogP contribution in [0.15, 0.2) is 0 Å². The van der Waals surface area contributed by atoms with E-state index in [0.29, 0.717) is 6.29 Å². The van der Waals surface area contributed by atoms with E-state index in [-0.39, 0.29) is 6.61 Å². The Morgan fingerprint density at radius 2 is 1.56 bits per heavy atom. The normalized spacial score (nSPS) is 18.8. The van der Waals surface area contributed by atoms with Gasteiger partial charge in [-0.3, -0.25) is 0 Å². The minimum absolute atomic E-state index is 0.232. The molecule has 0 heterocycles. The van der Waals surface area contributed by atoms with E-state index in [4.69, 9.17) is 24.1 Å². The Labute approximate surface area is 95.4 Å². The standard InChI is InChI=1S/C10H20O6/c1-13-7(5-11)9(15-3)10(16-4)8(6-12)14-2/h5,7-10,12H,6H2,1-4H3/t7-,8+,9+,10-/m0/s1. The maximum absolute atomic E-state index is 10.8. The van der Waals surface area contributed by atoms with Crippen LogP contribution in [-0.4, -0.2) is 70.9 Å². The smallest absolute Gasteiger partial charge is 0.151 e. The molecular formula is C10H20O6. The highest BCUT2D eigenvalue weighted by Gasteiger charge is 2.35. The number of hydrogen-bond donors (Lipinski definition) is 1. The van der Waals surface area contributed by atoms with Gasteiger partial charge in [0.2, 0.25) is 0 Å². The van der Waals surface area contributed by atoms with E-state index in [9.17, 15) is 4.79 Å². The van der Waals surface area contributed by atoms with Gasteiger partial charge >= 0.3 is 0 Å². The van der Waals surface area contributed by atoms with E-state index in [2.05, 4.69) is 0 Å². The largest absolute Gasteiger partial charge is 0.394 e. The number of ether oxygens (including phenoxy) is 4. The lowest BCUT2D eigenvalue weighted by molar-refractivity contribution is -0.160. The van der Waals surface area contributed by atoms with Crippen molar-refractivity contribution in [1.29, 1.82) is 0 Å². The van der Waals surface area contributed by atoms with Gasteiger partial charge in [-0.25, -0.2) is 0 Å². The minimum Gasteiger partial charge on any atom is -0.394 e. The van der Waals surface area contributed by atoms with Crippen molar-refractivity contribution in [2.75, 3.05) is 35.0 Å². The molecule has 0 saturated heterocycles. The van der Waals surface area contributed by atoms with E-state index in [1.54, 1.807) is 0 Å². The number of hydrogen-bond acceptors (Lipinski definition) is 6. The Morgan fingerprint density at radius 1 is 1.00 bits per heavy atom. The van der Waals surface area contributed by atoms with Crippen molar-refractivity contribution in [3.05, 3.63) is 0 Å². The van der Waals surface area contributed by atoms with Gasteiger partial charge in [-0.2, -0.15) is 0 Å². The number of carbonyl (C=O) groups is 1. The highest BCUT2D eigenvalue weighted by Crippen LogP contribution is 2.14. The zero-order valence-corrected chi connectivity index (χ0v) is 10.1. The van der Waals surface area contributed by atoms with Crippen molar-refractivity contribution in [3.63, 3.8) is 0 Å². The number of rotatable bonds is 9. The van der Waals surface area contributed by atoms with Gasteiger partial charge in [0.15, 0.2) is 6.29 Å². The van der Waals surface area contributed by atoms with Gasteiger partial charge in [-0.15, -0.1) is 0 Å². The first kappa shape index (κ1) is 15.5. The summed E-state index contributed by atoms with van der Waals surface area (Å²) < 4.78 is 20.4. The van der Waals surface area contributed by atoms with Crippen molar-refractivity contribution in [2.45, 2.75) is 24.4 Å². The van der Waals surface area contributed by atoms with Crippen molar-refractivity contribution >= 4 is 6.29 Å². The third kappa shape index (κ3) is 3.80. The second-order valence-corrected chi connectivity index (χ2v) is 3.19. The number of aldehydes is 1. The summed E-state index contributed by atoms with van der Waals surface area (Å²) in [6.07, 6.45) is -1.93. The van der Waals surface area contributed by atoms with Gasteiger partial charge in [0.05, 0.1) is 6.61 Å². The predicted molar refractivity (Wildman–Crippen MR) is 56.3 cm³/mol. The fourth-order valence-electron chi connectivity index (χ4n) is 1.53. The second kappa shape index (κ2) is 8.60. The number of methoxy groups -OCH3 is 4. The average molecular weight is 236 g/mol. The number of aliphatic hydroxyl groups is 1. The van der Waals surface area contributed by atoms with Crippen molar-refractivity contribution < 1.29 is 28.8 Å². The van der Waals surface area contributed by atoms with Crippen LogP contribution in [-0.2, 0) is 23.7 Å². The van der Waals surface area contributed by atoms with Crippen molar-refractivity contribution in [3.8, 4) is 0 Å². The molecule has 0 aromatic carbocycles. The van der Waals surface area contributed by atoms with E-state index in [1.165, 1.54) is 28.4 Å². The lowest BCUT2D eigenvalue weighted by Crippen LogP contribution is -2.49. The summed E-state index contributed by atoms with van der Waals surface area (Å²) in [7, 11) is 5.74. The second-order valence-electron chi connectivity index (χ2n) is 3.19. The molecule has 0 aromatic heterocycles. The Balaban J connectivity index is 4.78. The molecule has 1 N–H and O–H groups in total. The SMILES string of the molecule is CO[C@H]([C@H](OC)[C@H](C=O)OC)[C@@H](CO)OC. The van der Waals surface area contributed by atoms with E-state index < -0.39 is 24.4 Å². The summed E-state index contributed by atoms with van der Waals surface area (Å²) in [5, 5.41) is 9.11. The maximum Gasteiger partial charge on any atom is 0.151 e. The van der Waals surface area contributed by atoms with Crippen LogP contribution in [0.3, 0.4) is 0 Å². The number of aliphatic hydroxyl groups excluding tert-OH is 1. The highest BCUT2D eigenvalue weighted by atomic mass is 16.6. The average Bonchev–Trinajstić information content (AvgIpc) is 2.33. The molecule has 0 rings (SSSR count). The molecule has 6 nitrogen and oxygen atoms in total. The van der Waals surface area contributed by atoms with Gasteiger partial charge in [0.1, 0.15) is 24.4 Å². The van der Waals surface area contributed by atoms with E-state index in [1.807, 2.05) is 0 Å². The Hall–Kier alpha value is -0.530. The molecule has 0 saturated carbocycles. The van der Waals surface area contributed by atoms with E-state index >= 15 is 0 Å². The lowest BCUT2D eigenvalue weighted by atomic mass is 10.0. The third-order valence-corrected chi connectivity index (χ3v) is 2.45. The topological polar surface area (TPSA) is 74.2 Å². The van der Waals surface area contributed by atoms with Gasteiger partial charge in [-0.1, -0.05) is 0 Å². The Bertz CT molecular complexity index is 182. The number of carbonyl (C=O) groups excluding carboxylic acids is 1. The molecule has 0 unspecified atom stereocenters. The molecule has 16 heavy (non-hydrogen) atoms. The molecule has 0 aliphatic heterocycles. The molecule has 0 spiro atoms. The first-order valence-electron chi connectivity index (χ1n) is 4.87. The molecule has 0 radical (unpaired) electrons. The van der Waals surface area contributed by atoms with Crippen LogP contribution in [0.5, 0.6) is 0 Å². The molecule has 6 heteroatoms. The van der Waals surface area contributed by atoms with Crippen LogP contribution in [0.25, 0.3) is 0 Å². The summed E-state index contributed by atoms with van der Waals surface area (Å²) in [4.78, 5) is 10.8. The molecular weight excluding hydrogens is 216 g/mol. The molecule has 0 aromatic rings. The Morgan fingerprint density at radius 3 is 1.81 bits per heavy atom. The third-order valence-electron chi connectivity index (χ3n) is 2.45. The summed E-state index contributed by atoms with van der Waals surface area (Å²) in [5.74, 6) is 0. The summed E-state index contributed by atoms with van der Waals surface area (Å²) in [5.41, 5.74) is 0. The summed E-state index contributed by atoms with van der Waals surface area (Å²) >= 11 is 0.